The summed E-state index contributed by atoms with van der Waals surface area (Å²) in [6.07, 6.45) is 3.85. The second-order valence-corrected chi connectivity index (χ2v) is 5.14. The standard InChI is InChI=1S/C15H20FNO2/c1-11-6-7-12(16)9-14(11)15(19)17-8-4-2-3-5-13(17)10-18/h6-7,9,13,18H,2-5,8,10H2,1H3. The Morgan fingerprint density at radius 2 is 2.21 bits per heavy atom. The molecule has 0 aromatic heterocycles. The molecule has 1 saturated heterocycles. The van der Waals surface area contributed by atoms with Gasteiger partial charge in [0.1, 0.15) is 5.82 Å². The molecule has 3 nitrogen and oxygen atoms in total. The van der Waals surface area contributed by atoms with Crippen LogP contribution in [-0.2, 0) is 0 Å². The molecule has 1 amide bonds. The van der Waals surface area contributed by atoms with Gasteiger partial charge in [0.05, 0.1) is 12.6 Å². The third kappa shape index (κ3) is 3.13. The first-order valence-corrected chi connectivity index (χ1v) is 6.81. The molecule has 1 atom stereocenters. The van der Waals surface area contributed by atoms with E-state index in [1.807, 2.05) is 0 Å². The van der Waals surface area contributed by atoms with E-state index in [2.05, 4.69) is 0 Å². The van der Waals surface area contributed by atoms with Gasteiger partial charge in [0.2, 0.25) is 0 Å². The minimum atomic E-state index is -0.399. The smallest absolute Gasteiger partial charge is 0.254 e. The molecule has 19 heavy (non-hydrogen) atoms. The number of nitrogens with zero attached hydrogens (tertiary/aromatic N) is 1. The zero-order chi connectivity index (χ0) is 13.8. The molecule has 4 heteroatoms. The molecule has 1 N–H and O–H groups in total. The van der Waals surface area contributed by atoms with Crippen LogP contribution < -0.4 is 0 Å². The second kappa shape index (κ2) is 6.15. The van der Waals surface area contributed by atoms with Crippen molar-refractivity contribution in [2.45, 2.75) is 38.6 Å². The van der Waals surface area contributed by atoms with Crippen molar-refractivity contribution in [3.63, 3.8) is 0 Å². The molecule has 1 fully saturated rings. The number of halogens is 1. The van der Waals surface area contributed by atoms with E-state index in [9.17, 15) is 14.3 Å². The first kappa shape index (κ1) is 14.0. The van der Waals surface area contributed by atoms with Crippen LogP contribution in [0.25, 0.3) is 0 Å². The molecule has 1 heterocycles. The number of aliphatic hydroxyl groups excluding tert-OH is 1. The fraction of sp³-hybridized carbons (Fsp3) is 0.533. The molecule has 1 aliphatic rings. The number of hydrogen-bond acceptors (Lipinski definition) is 2. The van der Waals surface area contributed by atoms with Crippen LogP contribution in [0, 0.1) is 12.7 Å². The Hall–Kier alpha value is -1.42. The maximum absolute atomic E-state index is 13.3. The number of carbonyl (C=O) groups excluding carboxylic acids is 1. The van der Waals surface area contributed by atoms with Gasteiger partial charge in [-0.1, -0.05) is 18.9 Å². The zero-order valence-electron chi connectivity index (χ0n) is 11.2. The van der Waals surface area contributed by atoms with Crippen molar-refractivity contribution in [3.8, 4) is 0 Å². The highest BCUT2D eigenvalue weighted by molar-refractivity contribution is 5.95. The predicted octanol–water partition coefficient (Wildman–Crippen LogP) is 2.51. The molecule has 0 radical (unpaired) electrons. The van der Waals surface area contributed by atoms with Gasteiger partial charge in [0.15, 0.2) is 0 Å². The summed E-state index contributed by atoms with van der Waals surface area (Å²) in [7, 11) is 0. The highest BCUT2D eigenvalue weighted by atomic mass is 19.1. The summed E-state index contributed by atoms with van der Waals surface area (Å²) in [4.78, 5) is 14.2. The van der Waals surface area contributed by atoms with Crippen LogP contribution in [0.15, 0.2) is 18.2 Å². The summed E-state index contributed by atoms with van der Waals surface area (Å²) in [6.45, 7) is 2.42. The topological polar surface area (TPSA) is 40.5 Å². The van der Waals surface area contributed by atoms with E-state index < -0.39 is 5.82 Å². The Morgan fingerprint density at radius 3 is 2.95 bits per heavy atom. The van der Waals surface area contributed by atoms with Gasteiger partial charge in [-0.15, -0.1) is 0 Å². The van der Waals surface area contributed by atoms with E-state index in [1.54, 1.807) is 17.9 Å². The van der Waals surface area contributed by atoms with Crippen LogP contribution in [0.3, 0.4) is 0 Å². The van der Waals surface area contributed by atoms with Crippen molar-refractivity contribution in [2.75, 3.05) is 13.2 Å². The van der Waals surface area contributed by atoms with Gasteiger partial charge in [-0.05, 0) is 37.5 Å². The summed E-state index contributed by atoms with van der Waals surface area (Å²) < 4.78 is 13.3. The van der Waals surface area contributed by atoms with E-state index >= 15 is 0 Å². The monoisotopic (exact) mass is 265 g/mol. The maximum Gasteiger partial charge on any atom is 0.254 e. The van der Waals surface area contributed by atoms with E-state index in [0.29, 0.717) is 12.1 Å². The van der Waals surface area contributed by atoms with Crippen molar-refractivity contribution in [3.05, 3.63) is 35.1 Å². The molecule has 0 bridgehead atoms. The van der Waals surface area contributed by atoms with Crippen molar-refractivity contribution < 1.29 is 14.3 Å². The lowest BCUT2D eigenvalue weighted by Gasteiger charge is -2.29. The number of likely N-dealkylation sites (tertiary alicyclic amines) is 1. The lowest BCUT2D eigenvalue weighted by Crippen LogP contribution is -2.42. The minimum absolute atomic E-state index is 0.0277. The summed E-state index contributed by atoms with van der Waals surface area (Å²) in [5.41, 5.74) is 1.17. The molecular formula is C15H20FNO2. The van der Waals surface area contributed by atoms with Crippen molar-refractivity contribution in [1.29, 1.82) is 0 Å². The fourth-order valence-corrected chi connectivity index (χ4v) is 2.61. The van der Waals surface area contributed by atoms with Gasteiger partial charge < -0.3 is 10.0 Å². The first-order chi connectivity index (χ1) is 9.13. The van der Waals surface area contributed by atoms with E-state index in [1.165, 1.54) is 12.1 Å². The lowest BCUT2D eigenvalue weighted by molar-refractivity contribution is 0.0598. The number of rotatable bonds is 2. The molecule has 0 saturated carbocycles. The van der Waals surface area contributed by atoms with Crippen LogP contribution in [0.2, 0.25) is 0 Å². The normalized spacial score (nSPS) is 20.2. The van der Waals surface area contributed by atoms with Gasteiger partial charge in [-0.2, -0.15) is 0 Å². The van der Waals surface area contributed by atoms with Crippen molar-refractivity contribution in [1.82, 2.24) is 4.90 Å². The van der Waals surface area contributed by atoms with Crippen molar-refractivity contribution >= 4 is 5.91 Å². The summed E-state index contributed by atoms with van der Waals surface area (Å²) in [5, 5.41) is 9.44. The van der Waals surface area contributed by atoms with E-state index in [0.717, 1.165) is 31.2 Å². The van der Waals surface area contributed by atoms with E-state index in [4.69, 9.17) is 0 Å². The number of benzene rings is 1. The summed E-state index contributed by atoms with van der Waals surface area (Å²) >= 11 is 0. The minimum Gasteiger partial charge on any atom is -0.394 e. The molecule has 0 spiro atoms. The highest BCUT2D eigenvalue weighted by Crippen LogP contribution is 2.21. The number of carbonyl (C=O) groups is 1. The lowest BCUT2D eigenvalue weighted by atomic mass is 10.1. The first-order valence-electron chi connectivity index (χ1n) is 6.81. The molecule has 2 rings (SSSR count). The van der Waals surface area contributed by atoms with Gasteiger partial charge >= 0.3 is 0 Å². The molecular weight excluding hydrogens is 245 g/mol. The Balaban J connectivity index is 2.27. The molecule has 1 aliphatic heterocycles. The van der Waals surface area contributed by atoms with Gasteiger partial charge in [0.25, 0.3) is 5.91 Å². The SMILES string of the molecule is Cc1ccc(F)cc1C(=O)N1CCCCCC1CO. The number of hydrogen-bond donors (Lipinski definition) is 1. The summed E-state index contributed by atoms with van der Waals surface area (Å²) in [5.74, 6) is -0.567. The largest absolute Gasteiger partial charge is 0.394 e. The van der Waals surface area contributed by atoms with Gasteiger partial charge in [-0.3, -0.25) is 4.79 Å². The Kier molecular flexibility index (Phi) is 4.53. The zero-order valence-corrected chi connectivity index (χ0v) is 11.2. The molecule has 104 valence electrons. The number of amides is 1. The number of aliphatic hydroxyl groups is 1. The van der Waals surface area contributed by atoms with Gasteiger partial charge in [0, 0.05) is 12.1 Å². The highest BCUT2D eigenvalue weighted by Gasteiger charge is 2.26. The molecule has 1 aromatic carbocycles. The van der Waals surface area contributed by atoms with Gasteiger partial charge in [-0.25, -0.2) is 4.39 Å². The maximum atomic E-state index is 13.3. The van der Waals surface area contributed by atoms with Crippen LogP contribution >= 0.6 is 0 Å². The third-order valence-corrected chi connectivity index (χ3v) is 3.78. The average Bonchev–Trinajstić information content (AvgIpc) is 2.65. The van der Waals surface area contributed by atoms with E-state index in [-0.39, 0.29) is 18.6 Å². The number of aryl methyl sites for hydroxylation is 1. The molecule has 1 aromatic rings. The third-order valence-electron chi connectivity index (χ3n) is 3.78. The Labute approximate surface area is 113 Å². The quantitative estimate of drug-likeness (QED) is 0.892. The Bertz CT molecular complexity index is 461. The second-order valence-electron chi connectivity index (χ2n) is 5.14. The predicted molar refractivity (Wildman–Crippen MR) is 71.5 cm³/mol. The molecule has 0 aliphatic carbocycles. The Morgan fingerprint density at radius 1 is 1.42 bits per heavy atom. The van der Waals surface area contributed by atoms with Crippen LogP contribution in [-0.4, -0.2) is 35.1 Å². The average molecular weight is 265 g/mol. The van der Waals surface area contributed by atoms with Crippen molar-refractivity contribution in [2.24, 2.45) is 0 Å². The summed E-state index contributed by atoms with van der Waals surface area (Å²) in [6, 6.07) is 4.13. The molecule has 1 unspecified atom stereocenters. The fourth-order valence-electron chi connectivity index (χ4n) is 2.61. The van der Waals surface area contributed by atoms with Crippen LogP contribution in [0.1, 0.15) is 41.6 Å². The van der Waals surface area contributed by atoms with Crippen LogP contribution in [0.5, 0.6) is 0 Å². The van der Waals surface area contributed by atoms with Crippen LogP contribution in [0.4, 0.5) is 4.39 Å².